The average Bonchev–Trinajstić information content (AvgIpc) is 3.12. The Kier molecular flexibility index (Phi) is 6.93. The molecule has 0 saturated heterocycles. The highest BCUT2D eigenvalue weighted by Gasteiger charge is 2.33. The second-order valence-electron chi connectivity index (χ2n) is 6.59. The number of aliphatic hydroxyl groups excluding tert-OH is 1. The van der Waals surface area contributed by atoms with Gasteiger partial charge in [0.2, 0.25) is 0 Å². The smallest absolute Gasteiger partial charge is 0.254 e. The van der Waals surface area contributed by atoms with Gasteiger partial charge in [0.15, 0.2) is 11.6 Å². The summed E-state index contributed by atoms with van der Waals surface area (Å²) >= 11 is 0. The first-order chi connectivity index (χ1) is 11.9. The molecule has 3 atom stereocenters. The molecule has 3 unspecified atom stereocenters. The Morgan fingerprint density at radius 3 is 2.80 bits per heavy atom. The number of hydrogen-bond acceptors (Lipinski definition) is 4. The molecule has 1 amide bonds. The number of carbonyl (C=O) groups excluding carboxylic acids is 1. The van der Waals surface area contributed by atoms with E-state index in [2.05, 4.69) is 4.99 Å². The van der Waals surface area contributed by atoms with Gasteiger partial charge in [0.1, 0.15) is 6.61 Å². The van der Waals surface area contributed by atoms with Gasteiger partial charge in [0.25, 0.3) is 5.91 Å². The summed E-state index contributed by atoms with van der Waals surface area (Å²) in [5.41, 5.74) is 4.13. The minimum Gasteiger partial charge on any atom is -0.479 e. The molecule has 1 aliphatic rings. The molecule has 3 N–H and O–H groups in total. The number of aliphatic hydroxyl groups is 1. The first kappa shape index (κ1) is 19.4. The standard InChI is InChI=1S/C19H26FN2O3/c1-19(20,18(21)24)10-9-15(17-22-11-12-25-17)13-16(23)8-7-14-5-3-2-4-6-14/h2-6,8,15-16,23H,7,9-13H2,1H3,(H2,21,24). The van der Waals surface area contributed by atoms with Crippen LogP contribution in [0.4, 0.5) is 4.39 Å². The molecule has 6 heteroatoms. The Balaban J connectivity index is 1.90. The van der Waals surface area contributed by atoms with Crippen LogP contribution in [-0.2, 0) is 16.0 Å². The monoisotopic (exact) mass is 349 g/mol. The molecule has 0 bridgehead atoms. The molecule has 2 rings (SSSR count). The maximum absolute atomic E-state index is 14.1. The van der Waals surface area contributed by atoms with Crippen molar-refractivity contribution >= 4 is 11.8 Å². The molecule has 0 saturated carbocycles. The number of nitrogens with zero attached hydrogens (tertiary/aromatic N) is 1. The number of halogens is 1. The van der Waals surface area contributed by atoms with E-state index in [1.54, 1.807) is 0 Å². The largest absolute Gasteiger partial charge is 0.479 e. The van der Waals surface area contributed by atoms with E-state index in [9.17, 15) is 14.3 Å². The van der Waals surface area contributed by atoms with Crippen LogP contribution in [0.15, 0.2) is 35.3 Å². The van der Waals surface area contributed by atoms with Gasteiger partial charge in [0, 0.05) is 5.92 Å². The maximum Gasteiger partial charge on any atom is 0.254 e. The van der Waals surface area contributed by atoms with Crippen LogP contribution >= 0.6 is 0 Å². The molecule has 5 nitrogen and oxygen atoms in total. The van der Waals surface area contributed by atoms with Gasteiger partial charge in [-0.25, -0.2) is 4.39 Å². The van der Waals surface area contributed by atoms with Crippen LogP contribution in [0.2, 0.25) is 0 Å². The van der Waals surface area contributed by atoms with E-state index in [1.807, 2.05) is 36.8 Å². The van der Waals surface area contributed by atoms with Crippen LogP contribution in [0.25, 0.3) is 0 Å². The van der Waals surface area contributed by atoms with Crippen LogP contribution < -0.4 is 5.73 Å². The Labute approximate surface area is 148 Å². The summed E-state index contributed by atoms with van der Waals surface area (Å²) < 4.78 is 19.6. The minimum absolute atomic E-state index is 0.0270. The van der Waals surface area contributed by atoms with Gasteiger partial charge in [-0.1, -0.05) is 30.3 Å². The molecule has 25 heavy (non-hydrogen) atoms. The molecule has 1 heterocycles. The summed E-state index contributed by atoms with van der Waals surface area (Å²) in [6, 6.07) is 9.83. The summed E-state index contributed by atoms with van der Waals surface area (Å²) in [6.07, 6.45) is 2.48. The first-order valence-electron chi connectivity index (χ1n) is 8.60. The zero-order chi connectivity index (χ0) is 18.3. The summed E-state index contributed by atoms with van der Waals surface area (Å²) in [4.78, 5) is 15.5. The van der Waals surface area contributed by atoms with Crippen molar-refractivity contribution in [1.29, 1.82) is 0 Å². The van der Waals surface area contributed by atoms with Crippen molar-refractivity contribution in [1.82, 2.24) is 0 Å². The molecule has 0 fully saturated rings. The molecule has 1 aromatic carbocycles. The molecule has 0 aromatic heterocycles. The average molecular weight is 349 g/mol. The van der Waals surface area contributed by atoms with Crippen LogP contribution in [0.1, 0.15) is 31.7 Å². The van der Waals surface area contributed by atoms with E-state index < -0.39 is 17.7 Å². The fourth-order valence-electron chi connectivity index (χ4n) is 2.78. The first-order valence-corrected chi connectivity index (χ1v) is 8.60. The van der Waals surface area contributed by atoms with Crippen molar-refractivity contribution in [3.63, 3.8) is 0 Å². The molecule has 137 valence electrons. The predicted octanol–water partition coefficient (Wildman–Crippen LogP) is 2.22. The number of nitrogens with two attached hydrogens (primary N) is 1. The van der Waals surface area contributed by atoms with Crippen molar-refractivity contribution in [2.45, 2.75) is 44.4 Å². The van der Waals surface area contributed by atoms with E-state index in [0.717, 1.165) is 5.56 Å². The van der Waals surface area contributed by atoms with Crippen LogP contribution in [0.5, 0.6) is 0 Å². The third-order valence-corrected chi connectivity index (χ3v) is 4.43. The van der Waals surface area contributed by atoms with Gasteiger partial charge in [-0.05, 0) is 44.6 Å². The fraction of sp³-hybridized carbons (Fsp3) is 0.526. The van der Waals surface area contributed by atoms with Crippen LogP contribution in [-0.4, -0.2) is 41.8 Å². The van der Waals surface area contributed by atoms with Crippen molar-refractivity contribution in [2.24, 2.45) is 16.6 Å². The van der Waals surface area contributed by atoms with Gasteiger partial charge < -0.3 is 15.6 Å². The predicted molar refractivity (Wildman–Crippen MR) is 94.8 cm³/mol. The number of ether oxygens (including phenoxy) is 1. The topological polar surface area (TPSA) is 84.9 Å². The van der Waals surface area contributed by atoms with Crippen molar-refractivity contribution < 1.29 is 19.0 Å². The normalized spacial score (nSPS) is 18.8. The van der Waals surface area contributed by atoms with Crippen molar-refractivity contribution in [3.05, 3.63) is 42.3 Å². The van der Waals surface area contributed by atoms with Gasteiger partial charge in [-0.3, -0.25) is 9.79 Å². The number of rotatable bonds is 10. The highest BCUT2D eigenvalue weighted by Crippen LogP contribution is 2.26. The number of primary amides is 1. The lowest BCUT2D eigenvalue weighted by Gasteiger charge is -2.23. The molecule has 1 aliphatic heterocycles. The number of amides is 1. The molecule has 0 aliphatic carbocycles. The second kappa shape index (κ2) is 8.94. The fourth-order valence-corrected chi connectivity index (χ4v) is 2.78. The number of alkyl halides is 1. The molecular formula is C19H26FN2O3. The van der Waals surface area contributed by atoms with Gasteiger partial charge in [-0.2, -0.15) is 0 Å². The van der Waals surface area contributed by atoms with Crippen LogP contribution in [0, 0.1) is 12.3 Å². The Morgan fingerprint density at radius 1 is 1.48 bits per heavy atom. The van der Waals surface area contributed by atoms with Gasteiger partial charge in [0.05, 0.1) is 12.6 Å². The Morgan fingerprint density at radius 2 is 2.20 bits per heavy atom. The molecule has 1 radical (unpaired) electrons. The zero-order valence-corrected chi connectivity index (χ0v) is 14.5. The Hall–Kier alpha value is -1.95. The maximum atomic E-state index is 14.1. The highest BCUT2D eigenvalue weighted by molar-refractivity contribution is 5.83. The SMILES string of the molecule is CC(F)(CCC(CC(O)[CH]Cc1ccccc1)C1=NCCO1)C(N)=O. The number of aliphatic imine (C=N–C) groups is 1. The van der Waals surface area contributed by atoms with E-state index >= 15 is 0 Å². The third kappa shape index (κ3) is 6.12. The minimum atomic E-state index is -2.07. The number of hydrogen-bond donors (Lipinski definition) is 2. The highest BCUT2D eigenvalue weighted by atomic mass is 19.1. The van der Waals surface area contributed by atoms with E-state index in [1.165, 1.54) is 6.92 Å². The quantitative estimate of drug-likeness (QED) is 0.679. The second-order valence-corrected chi connectivity index (χ2v) is 6.59. The molecular weight excluding hydrogens is 323 g/mol. The van der Waals surface area contributed by atoms with E-state index in [0.29, 0.717) is 38.3 Å². The lowest BCUT2D eigenvalue weighted by Crippen LogP contribution is -2.37. The van der Waals surface area contributed by atoms with E-state index in [-0.39, 0.29) is 12.3 Å². The van der Waals surface area contributed by atoms with Gasteiger partial charge >= 0.3 is 0 Å². The number of benzene rings is 1. The van der Waals surface area contributed by atoms with E-state index in [4.69, 9.17) is 10.5 Å². The Bertz CT molecular complexity index is 590. The molecule has 1 aromatic rings. The summed E-state index contributed by atoms with van der Waals surface area (Å²) in [5.74, 6) is -0.678. The van der Waals surface area contributed by atoms with Gasteiger partial charge in [-0.15, -0.1) is 0 Å². The summed E-state index contributed by atoms with van der Waals surface area (Å²) in [5, 5.41) is 10.3. The summed E-state index contributed by atoms with van der Waals surface area (Å²) in [6.45, 7) is 2.25. The van der Waals surface area contributed by atoms with Crippen molar-refractivity contribution in [2.75, 3.05) is 13.2 Å². The van der Waals surface area contributed by atoms with Crippen molar-refractivity contribution in [3.8, 4) is 0 Å². The lowest BCUT2D eigenvalue weighted by molar-refractivity contribution is -0.129. The lowest BCUT2D eigenvalue weighted by atomic mass is 9.89. The zero-order valence-electron chi connectivity index (χ0n) is 14.5. The third-order valence-electron chi connectivity index (χ3n) is 4.43. The molecule has 0 spiro atoms. The summed E-state index contributed by atoms with van der Waals surface area (Å²) in [7, 11) is 0. The van der Waals surface area contributed by atoms with Crippen LogP contribution in [0.3, 0.4) is 0 Å². The number of carbonyl (C=O) groups is 1.